The zero-order chi connectivity index (χ0) is 21.5. The lowest BCUT2D eigenvalue weighted by Crippen LogP contribution is -2.38. The Balaban J connectivity index is 1.85. The van der Waals surface area contributed by atoms with Crippen LogP contribution >= 0.6 is 0 Å². The lowest BCUT2D eigenvalue weighted by atomic mass is 9.94. The molecular weight excluding hydrogens is 378 g/mol. The van der Waals surface area contributed by atoms with Crippen molar-refractivity contribution in [2.45, 2.75) is 32.7 Å². The minimum atomic E-state index is -0.606. The van der Waals surface area contributed by atoms with E-state index in [1.807, 2.05) is 36.4 Å². The highest BCUT2D eigenvalue weighted by atomic mass is 16.3. The summed E-state index contributed by atoms with van der Waals surface area (Å²) in [6, 6.07) is 12.8. The van der Waals surface area contributed by atoms with Crippen LogP contribution in [0, 0.1) is 0 Å². The predicted molar refractivity (Wildman–Crippen MR) is 116 cm³/mol. The van der Waals surface area contributed by atoms with Crippen molar-refractivity contribution in [2.75, 3.05) is 26.2 Å². The van der Waals surface area contributed by atoms with Crippen LogP contribution in [-0.4, -0.2) is 57.8 Å². The molecule has 0 fully saturated rings. The highest BCUT2D eigenvalue weighted by Gasteiger charge is 2.43. The van der Waals surface area contributed by atoms with Gasteiger partial charge in [-0.05, 0) is 36.7 Å². The molecule has 6 heteroatoms. The number of rotatable bonds is 10. The van der Waals surface area contributed by atoms with Crippen molar-refractivity contribution in [3.05, 3.63) is 77.3 Å². The molecule has 1 aliphatic heterocycles. The van der Waals surface area contributed by atoms with Crippen molar-refractivity contribution >= 4 is 11.7 Å². The fourth-order valence-electron chi connectivity index (χ4n) is 3.88. The quantitative estimate of drug-likeness (QED) is 0.654. The van der Waals surface area contributed by atoms with Crippen LogP contribution in [0.5, 0.6) is 0 Å². The largest absolute Gasteiger partial charge is 0.503 e. The molecule has 0 bridgehead atoms. The number of ketones is 1. The molecule has 158 valence electrons. The summed E-state index contributed by atoms with van der Waals surface area (Å²) in [5.74, 6) is -1.12. The smallest absolute Gasteiger partial charge is 0.290 e. The van der Waals surface area contributed by atoms with E-state index in [-0.39, 0.29) is 17.8 Å². The number of hydrogen-bond donors (Lipinski definition) is 1. The number of aliphatic hydroxyl groups is 1. The Bertz CT molecular complexity index is 892. The first-order valence-electron chi connectivity index (χ1n) is 10.5. The van der Waals surface area contributed by atoms with Crippen LogP contribution in [0.15, 0.2) is 66.2 Å². The van der Waals surface area contributed by atoms with E-state index in [0.29, 0.717) is 19.5 Å². The number of aliphatic hydroxyl groups excluding tert-OH is 1. The average Bonchev–Trinajstić information content (AvgIpc) is 3.04. The van der Waals surface area contributed by atoms with E-state index < -0.39 is 17.7 Å². The third-order valence-electron chi connectivity index (χ3n) is 5.64. The van der Waals surface area contributed by atoms with Crippen molar-refractivity contribution in [3.63, 3.8) is 0 Å². The number of hydrogen-bond acceptors (Lipinski definition) is 5. The number of nitrogens with zero attached hydrogens (tertiary/aromatic N) is 3. The molecule has 0 saturated carbocycles. The van der Waals surface area contributed by atoms with Gasteiger partial charge >= 0.3 is 0 Å². The van der Waals surface area contributed by atoms with Crippen LogP contribution in [0.2, 0.25) is 0 Å². The molecule has 1 amide bonds. The summed E-state index contributed by atoms with van der Waals surface area (Å²) in [6.07, 6.45) is 4.10. The van der Waals surface area contributed by atoms with Gasteiger partial charge in [0, 0.05) is 31.9 Å². The van der Waals surface area contributed by atoms with Crippen molar-refractivity contribution in [3.8, 4) is 0 Å². The van der Waals surface area contributed by atoms with Gasteiger partial charge in [-0.1, -0.05) is 50.2 Å². The maximum Gasteiger partial charge on any atom is 0.290 e. The summed E-state index contributed by atoms with van der Waals surface area (Å²) in [7, 11) is 0. The maximum absolute atomic E-state index is 13.1. The van der Waals surface area contributed by atoms with Crippen LogP contribution < -0.4 is 0 Å². The minimum absolute atomic E-state index is 0.184. The number of carbonyl (C=O) groups excluding carboxylic acids is 2. The van der Waals surface area contributed by atoms with Crippen molar-refractivity contribution in [1.29, 1.82) is 0 Å². The average molecular weight is 408 g/mol. The number of aromatic nitrogens is 1. The summed E-state index contributed by atoms with van der Waals surface area (Å²) >= 11 is 0. The molecule has 6 nitrogen and oxygen atoms in total. The van der Waals surface area contributed by atoms with Crippen molar-refractivity contribution in [1.82, 2.24) is 14.8 Å². The van der Waals surface area contributed by atoms with E-state index in [4.69, 9.17) is 0 Å². The molecular formula is C24H29N3O3. The van der Waals surface area contributed by atoms with Gasteiger partial charge in [0.15, 0.2) is 11.5 Å². The Morgan fingerprint density at radius 3 is 2.50 bits per heavy atom. The molecule has 1 aromatic carbocycles. The van der Waals surface area contributed by atoms with E-state index in [9.17, 15) is 14.7 Å². The molecule has 1 aliphatic rings. The summed E-state index contributed by atoms with van der Waals surface area (Å²) in [6.45, 7) is 6.99. The molecule has 0 aliphatic carbocycles. The monoisotopic (exact) mass is 407 g/mol. The van der Waals surface area contributed by atoms with Gasteiger partial charge in [0.25, 0.3) is 5.91 Å². The van der Waals surface area contributed by atoms with Crippen molar-refractivity contribution in [2.24, 2.45) is 0 Å². The van der Waals surface area contributed by atoms with E-state index in [1.54, 1.807) is 23.4 Å². The fraction of sp³-hybridized carbons (Fsp3) is 0.375. The van der Waals surface area contributed by atoms with E-state index in [2.05, 4.69) is 23.7 Å². The molecule has 1 atom stereocenters. The fourth-order valence-corrected chi connectivity index (χ4v) is 3.88. The standard InChI is InChI=1S/C24H29N3O3/c1-3-26(4-2)15-16-27-22(19-11-8-14-25-17-19)21(23(29)24(27)30)20(28)13-12-18-9-6-5-7-10-18/h5-11,14,17,22,29H,3-4,12-13,15-16H2,1-2H3. The highest BCUT2D eigenvalue weighted by molar-refractivity contribution is 6.09. The molecule has 1 N–H and O–H groups in total. The van der Waals surface area contributed by atoms with Crippen LogP contribution in [0.4, 0.5) is 0 Å². The molecule has 1 unspecified atom stereocenters. The number of aryl methyl sites for hydroxylation is 1. The highest BCUT2D eigenvalue weighted by Crippen LogP contribution is 2.37. The van der Waals surface area contributed by atoms with Crippen LogP contribution in [0.3, 0.4) is 0 Å². The van der Waals surface area contributed by atoms with Gasteiger partial charge in [-0.25, -0.2) is 0 Å². The third-order valence-corrected chi connectivity index (χ3v) is 5.64. The van der Waals surface area contributed by atoms with Crippen molar-refractivity contribution < 1.29 is 14.7 Å². The lowest BCUT2D eigenvalue weighted by Gasteiger charge is -2.29. The van der Waals surface area contributed by atoms with Gasteiger partial charge in [-0.15, -0.1) is 0 Å². The lowest BCUT2D eigenvalue weighted by molar-refractivity contribution is -0.129. The summed E-state index contributed by atoms with van der Waals surface area (Å²) in [5.41, 5.74) is 1.97. The topological polar surface area (TPSA) is 73.7 Å². The zero-order valence-electron chi connectivity index (χ0n) is 17.6. The van der Waals surface area contributed by atoms with Gasteiger partial charge in [-0.2, -0.15) is 0 Å². The molecule has 30 heavy (non-hydrogen) atoms. The van der Waals surface area contributed by atoms with Gasteiger partial charge in [0.1, 0.15) is 0 Å². The normalized spacial score (nSPS) is 16.6. The third kappa shape index (κ3) is 4.76. The van der Waals surface area contributed by atoms with E-state index in [1.165, 1.54) is 0 Å². The summed E-state index contributed by atoms with van der Waals surface area (Å²) in [4.78, 5) is 34.0. The second kappa shape index (κ2) is 10.2. The first kappa shape index (κ1) is 21.7. The Hall–Kier alpha value is -2.99. The number of benzene rings is 1. The number of amides is 1. The molecule has 2 heterocycles. The SMILES string of the molecule is CCN(CC)CCN1C(=O)C(O)=C(C(=O)CCc2ccccc2)C1c1cccnc1. The number of carbonyl (C=O) groups is 2. The zero-order valence-corrected chi connectivity index (χ0v) is 17.6. The first-order valence-corrected chi connectivity index (χ1v) is 10.5. The predicted octanol–water partition coefficient (Wildman–Crippen LogP) is 3.32. The van der Waals surface area contributed by atoms with Gasteiger partial charge in [0.2, 0.25) is 0 Å². The van der Waals surface area contributed by atoms with Crippen LogP contribution in [-0.2, 0) is 16.0 Å². The van der Waals surface area contributed by atoms with Gasteiger partial charge < -0.3 is 14.9 Å². The Labute approximate surface area is 177 Å². The molecule has 2 aromatic rings. The molecule has 0 saturated heterocycles. The number of pyridine rings is 1. The van der Waals surface area contributed by atoms with Gasteiger partial charge in [0.05, 0.1) is 11.6 Å². The van der Waals surface area contributed by atoms with Crippen LogP contribution in [0.25, 0.3) is 0 Å². The van der Waals surface area contributed by atoms with E-state index >= 15 is 0 Å². The van der Waals surface area contributed by atoms with Gasteiger partial charge in [-0.3, -0.25) is 14.6 Å². The Morgan fingerprint density at radius 1 is 1.13 bits per heavy atom. The second-order valence-electron chi connectivity index (χ2n) is 7.39. The van der Waals surface area contributed by atoms with Crippen LogP contribution in [0.1, 0.15) is 37.4 Å². The summed E-state index contributed by atoms with van der Waals surface area (Å²) < 4.78 is 0. The molecule has 3 rings (SSSR count). The maximum atomic E-state index is 13.1. The molecule has 0 spiro atoms. The number of Topliss-reactive ketones (excluding diaryl/α,β-unsaturated/α-hetero) is 1. The molecule has 1 aromatic heterocycles. The summed E-state index contributed by atoms with van der Waals surface area (Å²) in [5, 5.41) is 10.6. The second-order valence-corrected chi connectivity index (χ2v) is 7.39. The molecule has 0 radical (unpaired) electrons. The number of likely N-dealkylation sites (N-methyl/N-ethyl adjacent to an activating group) is 1. The minimum Gasteiger partial charge on any atom is -0.503 e. The van der Waals surface area contributed by atoms with E-state index in [0.717, 1.165) is 24.2 Å². The Morgan fingerprint density at radius 2 is 1.87 bits per heavy atom. The Kier molecular flexibility index (Phi) is 7.36. The first-order chi connectivity index (χ1) is 14.6.